The highest BCUT2D eigenvalue weighted by atomic mass is 14.3. The second kappa shape index (κ2) is 6.48. The molecule has 0 saturated heterocycles. The quantitative estimate of drug-likeness (QED) is 0.550. The summed E-state index contributed by atoms with van der Waals surface area (Å²) in [7, 11) is 0. The van der Waals surface area contributed by atoms with Crippen LogP contribution in [0, 0.1) is 16.7 Å². The minimum Gasteiger partial charge on any atom is -0.0683 e. The summed E-state index contributed by atoms with van der Waals surface area (Å²) in [5.74, 6) is 0.830. The Kier molecular flexibility index (Phi) is 7.60. The second-order valence-corrected chi connectivity index (χ2v) is 6.37. The topological polar surface area (TPSA) is 0 Å². The van der Waals surface area contributed by atoms with Gasteiger partial charge in [-0.3, -0.25) is 0 Å². The van der Waals surface area contributed by atoms with E-state index in [1.165, 1.54) is 12.8 Å². The second-order valence-electron chi connectivity index (χ2n) is 6.37. The van der Waals surface area contributed by atoms with E-state index in [0.29, 0.717) is 10.8 Å². The largest absolute Gasteiger partial charge is 0.0683 e. The Bertz CT molecular complexity index is 120. The Balaban J connectivity index is 0. The summed E-state index contributed by atoms with van der Waals surface area (Å²) in [6.45, 7) is 20.3. The summed E-state index contributed by atoms with van der Waals surface area (Å²) < 4.78 is 0. The molecular formula is C14H32. The van der Waals surface area contributed by atoms with Gasteiger partial charge < -0.3 is 0 Å². The van der Waals surface area contributed by atoms with Gasteiger partial charge in [-0.1, -0.05) is 62.3 Å². The van der Waals surface area contributed by atoms with Crippen LogP contribution in [0.3, 0.4) is 0 Å². The predicted molar refractivity (Wildman–Crippen MR) is 68.7 cm³/mol. The molecular weight excluding hydrogens is 168 g/mol. The summed E-state index contributed by atoms with van der Waals surface area (Å²) in [5, 5.41) is 0. The van der Waals surface area contributed by atoms with E-state index in [1.54, 1.807) is 0 Å². The molecule has 14 heavy (non-hydrogen) atoms. The van der Waals surface area contributed by atoms with Crippen LogP contribution in [0.15, 0.2) is 0 Å². The highest BCUT2D eigenvalue weighted by molar-refractivity contribution is 4.72. The van der Waals surface area contributed by atoms with Gasteiger partial charge in [-0.25, -0.2) is 0 Å². The van der Waals surface area contributed by atoms with E-state index in [4.69, 9.17) is 0 Å². The first-order valence-electron chi connectivity index (χ1n) is 6.13. The Labute approximate surface area is 92.5 Å². The van der Waals surface area contributed by atoms with Crippen molar-refractivity contribution in [2.75, 3.05) is 0 Å². The number of hydrogen-bond acceptors (Lipinski definition) is 0. The molecule has 0 saturated carbocycles. The van der Waals surface area contributed by atoms with Gasteiger partial charge in [0.2, 0.25) is 0 Å². The zero-order valence-corrected chi connectivity index (χ0v) is 12.0. The third-order valence-corrected chi connectivity index (χ3v) is 2.81. The number of hydrogen-bond donors (Lipinski definition) is 0. The lowest BCUT2D eigenvalue weighted by molar-refractivity contribution is 0.213. The normalized spacial score (nSPS) is 14.4. The van der Waals surface area contributed by atoms with Crippen molar-refractivity contribution in [2.24, 2.45) is 16.7 Å². The third kappa shape index (κ3) is 10.1. The van der Waals surface area contributed by atoms with Gasteiger partial charge in [0, 0.05) is 0 Å². The first-order chi connectivity index (χ1) is 6.13. The fraction of sp³-hybridized carbons (Fsp3) is 1.00. The Morgan fingerprint density at radius 2 is 1.21 bits per heavy atom. The van der Waals surface area contributed by atoms with Gasteiger partial charge in [0.25, 0.3) is 0 Å². The highest BCUT2D eigenvalue weighted by Gasteiger charge is 2.21. The van der Waals surface area contributed by atoms with E-state index >= 15 is 0 Å². The summed E-state index contributed by atoms with van der Waals surface area (Å²) in [4.78, 5) is 0. The molecule has 0 fully saturated rings. The molecule has 0 nitrogen and oxygen atoms in total. The SMILES string of the molecule is CC.CC(CCC(C)(C)C)C(C)(C)C. The van der Waals surface area contributed by atoms with Crippen molar-refractivity contribution < 1.29 is 0 Å². The summed E-state index contributed by atoms with van der Waals surface area (Å²) in [6.07, 6.45) is 2.69. The molecule has 0 rings (SSSR count). The van der Waals surface area contributed by atoms with Crippen LogP contribution in [0.25, 0.3) is 0 Å². The molecule has 0 aliphatic rings. The van der Waals surface area contributed by atoms with Gasteiger partial charge in [-0.05, 0) is 29.6 Å². The summed E-state index contributed by atoms with van der Waals surface area (Å²) in [6, 6.07) is 0. The summed E-state index contributed by atoms with van der Waals surface area (Å²) >= 11 is 0. The lowest BCUT2D eigenvalue weighted by atomic mass is 9.76. The minimum absolute atomic E-state index is 0.477. The maximum Gasteiger partial charge on any atom is -0.0357 e. The molecule has 0 radical (unpaired) electrons. The molecule has 0 aliphatic heterocycles. The molecule has 0 bridgehead atoms. The van der Waals surface area contributed by atoms with Gasteiger partial charge in [0.05, 0.1) is 0 Å². The predicted octanol–water partition coefficient (Wildman–Crippen LogP) is 5.52. The average Bonchev–Trinajstić information content (AvgIpc) is 2.01. The van der Waals surface area contributed by atoms with Gasteiger partial charge in [-0.2, -0.15) is 0 Å². The van der Waals surface area contributed by atoms with Crippen LogP contribution in [-0.2, 0) is 0 Å². The molecule has 1 unspecified atom stereocenters. The maximum absolute atomic E-state index is 2.37. The first-order valence-corrected chi connectivity index (χ1v) is 6.13. The molecule has 1 atom stereocenters. The Morgan fingerprint density at radius 3 is 1.43 bits per heavy atom. The van der Waals surface area contributed by atoms with Crippen LogP contribution in [0.5, 0.6) is 0 Å². The average molecular weight is 200 g/mol. The van der Waals surface area contributed by atoms with E-state index in [9.17, 15) is 0 Å². The third-order valence-electron chi connectivity index (χ3n) is 2.81. The van der Waals surface area contributed by atoms with E-state index in [-0.39, 0.29) is 0 Å². The van der Waals surface area contributed by atoms with Gasteiger partial charge >= 0.3 is 0 Å². The van der Waals surface area contributed by atoms with Crippen LogP contribution in [0.4, 0.5) is 0 Å². The lowest BCUT2D eigenvalue weighted by Crippen LogP contribution is -2.19. The Hall–Kier alpha value is 0. The molecule has 0 spiro atoms. The smallest absolute Gasteiger partial charge is 0.0357 e. The van der Waals surface area contributed by atoms with Gasteiger partial charge in [-0.15, -0.1) is 0 Å². The van der Waals surface area contributed by atoms with E-state index in [1.807, 2.05) is 13.8 Å². The molecule has 88 valence electrons. The fourth-order valence-electron chi connectivity index (χ4n) is 1.08. The van der Waals surface area contributed by atoms with Crippen molar-refractivity contribution in [3.63, 3.8) is 0 Å². The van der Waals surface area contributed by atoms with Gasteiger partial charge in [0.15, 0.2) is 0 Å². The molecule has 0 heterocycles. The minimum atomic E-state index is 0.477. The van der Waals surface area contributed by atoms with Crippen LogP contribution in [0.1, 0.15) is 75.2 Å². The molecule has 0 aliphatic carbocycles. The monoisotopic (exact) mass is 200 g/mol. The van der Waals surface area contributed by atoms with E-state index in [2.05, 4.69) is 48.5 Å². The van der Waals surface area contributed by atoms with Crippen molar-refractivity contribution in [2.45, 2.75) is 75.2 Å². The van der Waals surface area contributed by atoms with E-state index < -0.39 is 0 Å². The van der Waals surface area contributed by atoms with Crippen molar-refractivity contribution in [3.8, 4) is 0 Å². The van der Waals surface area contributed by atoms with Crippen molar-refractivity contribution in [3.05, 3.63) is 0 Å². The van der Waals surface area contributed by atoms with Crippen molar-refractivity contribution >= 4 is 0 Å². The van der Waals surface area contributed by atoms with Crippen molar-refractivity contribution in [1.29, 1.82) is 0 Å². The zero-order chi connectivity index (χ0) is 12.0. The van der Waals surface area contributed by atoms with Crippen LogP contribution < -0.4 is 0 Å². The van der Waals surface area contributed by atoms with Crippen molar-refractivity contribution in [1.82, 2.24) is 0 Å². The zero-order valence-electron chi connectivity index (χ0n) is 12.0. The lowest BCUT2D eigenvalue weighted by Gasteiger charge is -2.30. The fourth-order valence-corrected chi connectivity index (χ4v) is 1.08. The van der Waals surface area contributed by atoms with Gasteiger partial charge in [0.1, 0.15) is 0 Å². The van der Waals surface area contributed by atoms with Crippen LogP contribution in [-0.4, -0.2) is 0 Å². The number of rotatable bonds is 2. The first kappa shape index (κ1) is 16.4. The van der Waals surface area contributed by atoms with Crippen LogP contribution >= 0.6 is 0 Å². The standard InChI is InChI=1S/C12H26.C2H6/c1-10(12(5,6)7)8-9-11(2,3)4;1-2/h10H,8-9H2,1-7H3;1-2H3. The molecule has 0 aromatic rings. The highest BCUT2D eigenvalue weighted by Crippen LogP contribution is 2.32. The van der Waals surface area contributed by atoms with Crippen LogP contribution in [0.2, 0.25) is 0 Å². The molecule has 0 amide bonds. The Morgan fingerprint density at radius 1 is 0.857 bits per heavy atom. The maximum atomic E-state index is 2.37. The summed E-state index contributed by atoms with van der Waals surface area (Å²) in [5.41, 5.74) is 0.977. The molecule has 0 aromatic heterocycles. The molecule has 0 aromatic carbocycles. The molecule has 0 N–H and O–H groups in total. The molecule has 0 heteroatoms. The van der Waals surface area contributed by atoms with E-state index in [0.717, 1.165) is 5.92 Å².